The minimum Gasteiger partial charge on any atom is -0.508 e. The number of likely N-dealkylation sites (N-methyl/N-ethyl adjacent to an activating group) is 5. The topological polar surface area (TPSA) is 500 Å². The monoisotopic (exact) mass is 1780 g/mol. The van der Waals surface area contributed by atoms with Crippen molar-refractivity contribution >= 4 is 117 Å². The Morgan fingerprint density at radius 2 is 0.938 bits per heavy atom. The van der Waals surface area contributed by atoms with Gasteiger partial charge in [0.15, 0.2) is 0 Å². The summed E-state index contributed by atoms with van der Waals surface area (Å²) in [5, 5.41) is 55.2. The number of carboxylic acid groups (broad SMARTS) is 1. The average Bonchev–Trinajstić information content (AvgIpc) is 1.03. The van der Waals surface area contributed by atoms with Gasteiger partial charge in [-0.15, -0.1) is 11.8 Å². The van der Waals surface area contributed by atoms with E-state index in [4.69, 9.17) is 5.73 Å². The van der Waals surface area contributed by atoms with Crippen LogP contribution in [0.2, 0.25) is 0 Å². The zero-order chi connectivity index (χ0) is 93.4. The van der Waals surface area contributed by atoms with E-state index in [-0.39, 0.29) is 81.0 Å². The number of aryl methyl sites for hydroxylation is 1. The lowest BCUT2D eigenvalue weighted by atomic mass is 9.99. The average molecular weight is 1780 g/mol. The highest BCUT2D eigenvalue weighted by Crippen LogP contribution is 2.24. The number of primary amides is 1. The highest BCUT2D eigenvalue weighted by molar-refractivity contribution is 8.00. The largest absolute Gasteiger partial charge is 0.508 e. The Morgan fingerprint density at radius 3 is 1.51 bits per heavy atom. The van der Waals surface area contributed by atoms with Crippen LogP contribution in [0.4, 0.5) is 0 Å². The second kappa shape index (κ2) is 48.7. The first-order chi connectivity index (χ1) is 61.0. The number of aromatic hydroxyl groups is 2. The number of hydrogen-bond donors (Lipinski definition) is 14. The molecule has 128 heavy (non-hydrogen) atoms. The molecule has 36 heteroatoms. The maximum atomic E-state index is 15.5. The molecular weight excluding hydrogens is 1670 g/mol. The normalized spacial score (nSPS) is 21.9. The Balaban J connectivity index is 1.20. The number of carbonyl (C=O) groups excluding carboxylic acids is 15. The summed E-state index contributed by atoms with van der Waals surface area (Å²) < 4.78 is 0. The standard InChI is InChI=1S/C92H116N16O19S/c1-10-11-31-74-91(126)105(6)52-79(113)98-71(48-81(115)116)83(118)96-56(4)88(123)107(8)75(45-59-25-17-13-18-26-59)87(122)100-67(41-36-57-32-37-63(109)38-33-57)89(124)104(5)51-78(112)97-70(47-62-49-94-66-30-22-21-29-65(62)66)86(121)102-69(43-61-34-39-64(110)40-35-61)85(120)101-68(42-55(2)3)84(119)103-73(82(117)95-50-77(93)111)53-128-54-80(114)99-72(44-58-23-15-12-16-24-58)90(125)108(9)76(92(127)106(74)7)46-60-27-19-14-20-28-60/h12-30,32-35,37-40,49,55-56,67-76,94,109-110H,10-11,31,36,41-48,50-54H2,1-9H3,(H2,93,111)(H,95,117)(H,96,118)(H,97,112)(H,98,113)(H,99,114)(H,100,122)(H,101,120)(H,102,121)(H,103,119)(H,115,116)/t56-,67-,68-,69-,70-,71-,72-,73-,74-,75-,76-/m0/s1. The fourth-order valence-electron chi connectivity index (χ4n) is 14.8. The number of nitrogens with two attached hydrogens (primary N) is 1. The molecule has 6 aromatic carbocycles. The van der Waals surface area contributed by atoms with Gasteiger partial charge < -0.3 is 98.4 Å². The van der Waals surface area contributed by atoms with Gasteiger partial charge in [-0.1, -0.05) is 167 Å². The van der Waals surface area contributed by atoms with Crippen molar-refractivity contribution in [3.8, 4) is 11.5 Å². The molecule has 15 N–H and O–H groups in total. The van der Waals surface area contributed by atoms with Gasteiger partial charge in [0.1, 0.15) is 78.0 Å². The molecule has 1 fully saturated rings. The van der Waals surface area contributed by atoms with Gasteiger partial charge in [0, 0.05) is 90.2 Å². The lowest BCUT2D eigenvalue weighted by Crippen LogP contribution is -2.60. The van der Waals surface area contributed by atoms with Crippen molar-refractivity contribution in [3.05, 3.63) is 203 Å². The molecule has 1 aromatic heterocycles. The first-order valence-electron chi connectivity index (χ1n) is 42.3. The number of nitrogens with zero attached hydrogens (tertiary/aromatic N) is 5. The molecule has 0 saturated carbocycles. The summed E-state index contributed by atoms with van der Waals surface area (Å²) >= 11 is 0.830. The number of para-hydroxylation sites is 1. The smallest absolute Gasteiger partial charge is 0.305 e. The van der Waals surface area contributed by atoms with E-state index in [2.05, 4.69) is 52.8 Å². The second-order valence-electron chi connectivity index (χ2n) is 32.4. The number of carboxylic acids is 1. The molecule has 1 saturated heterocycles. The minimum atomic E-state index is -1.89. The summed E-state index contributed by atoms with van der Waals surface area (Å²) in [6, 6.07) is 27.7. The van der Waals surface area contributed by atoms with Crippen LogP contribution in [0.25, 0.3) is 10.9 Å². The minimum absolute atomic E-state index is 0.0324. The molecular formula is C92H116N16O19S. The highest BCUT2D eigenvalue weighted by Gasteiger charge is 2.42. The van der Waals surface area contributed by atoms with E-state index < -0.39 is 193 Å². The summed E-state index contributed by atoms with van der Waals surface area (Å²) in [6.45, 7) is 4.33. The van der Waals surface area contributed by atoms with E-state index in [1.807, 2.05) is 6.92 Å². The molecule has 1 aliphatic heterocycles. The van der Waals surface area contributed by atoms with Crippen molar-refractivity contribution in [2.45, 2.75) is 171 Å². The van der Waals surface area contributed by atoms with E-state index >= 15 is 28.8 Å². The van der Waals surface area contributed by atoms with Crippen LogP contribution in [0.1, 0.15) is 99.6 Å². The molecule has 8 rings (SSSR count). The first kappa shape index (κ1) is 99.8. The predicted octanol–water partition coefficient (Wildman–Crippen LogP) is 2.08. The van der Waals surface area contributed by atoms with E-state index in [0.29, 0.717) is 57.1 Å². The summed E-state index contributed by atoms with van der Waals surface area (Å²) in [5.74, 6) is -16.5. The predicted molar refractivity (Wildman–Crippen MR) is 478 cm³/mol. The number of H-pyrrole nitrogens is 1. The van der Waals surface area contributed by atoms with Gasteiger partial charge in [-0.2, -0.15) is 0 Å². The molecule has 0 bridgehead atoms. The summed E-state index contributed by atoms with van der Waals surface area (Å²) in [4.78, 5) is 242. The summed E-state index contributed by atoms with van der Waals surface area (Å²) in [6.07, 6.45) is 0.348. The number of phenolic OH excluding ortho intramolecular Hbond substituents is 2. The zero-order valence-electron chi connectivity index (χ0n) is 73.2. The highest BCUT2D eigenvalue weighted by atomic mass is 32.2. The van der Waals surface area contributed by atoms with Gasteiger partial charge in [-0.3, -0.25) is 76.7 Å². The number of amides is 15. The Bertz CT molecular complexity index is 5030. The van der Waals surface area contributed by atoms with Crippen molar-refractivity contribution in [1.82, 2.24) is 77.3 Å². The number of rotatable bonds is 23. The zero-order valence-corrected chi connectivity index (χ0v) is 74.0. The third-order valence-corrected chi connectivity index (χ3v) is 22.9. The number of nitrogens with one attached hydrogen (secondary N) is 10. The SMILES string of the molecule is CCCC[C@H]1C(=O)N(C)CC(=O)N[C@@H](CC(=O)O)C(=O)N[C@@H](C)C(=O)N(C)[C@@H](Cc2ccccc2)C(=O)N[C@@H](CCc2ccc(O)cc2)C(=O)N(C)CC(=O)N[C@@H](Cc2c[nH]c3ccccc23)C(=O)N[C@@H](Cc2ccc(O)cc2)C(=O)N[C@@H](CC(C)C)C(=O)N[C@H](C(=O)NCC(N)=O)CSCC(=O)N[C@@H](Cc2ccccc2)C(=O)N(C)[C@@H](Cc2ccccc2)C(=O)N1C. The molecule has 11 atom stereocenters. The quantitative estimate of drug-likeness (QED) is 0.0436. The van der Waals surface area contributed by atoms with Crippen LogP contribution in [-0.4, -0.2) is 272 Å². The number of aromatic nitrogens is 1. The number of aliphatic carboxylic acids is 1. The van der Waals surface area contributed by atoms with Gasteiger partial charge >= 0.3 is 5.97 Å². The fourth-order valence-corrected chi connectivity index (χ4v) is 15.7. The molecule has 7 aromatic rings. The van der Waals surface area contributed by atoms with E-state index in [1.54, 1.807) is 147 Å². The van der Waals surface area contributed by atoms with Gasteiger partial charge in [0.2, 0.25) is 88.6 Å². The van der Waals surface area contributed by atoms with Crippen molar-refractivity contribution < 1.29 is 92.0 Å². The summed E-state index contributed by atoms with van der Waals surface area (Å²) in [7, 11) is 6.52. The van der Waals surface area contributed by atoms with E-state index in [1.165, 1.54) is 88.4 Å². The van der Waals surface area contributed by atoms with Crippen LogP contribution >= 0.6 is 11.8 Å². The van der Waals surface area contributed by atoms with Gasteiger partial charge in [0.25, 0.3) is 0 Å². The number of fused-ring (bicyclic) bond motifs is 1. The molecule has 15 amide bonds. The lowest BCUT2D eigenvalue weighted by molar-refractivity contribution is -0.151. The maximum absolute atomic E-state index is 15.5. The van der Waals surface area contributed by atoms with Crippen molar-refractivity contribution in [3.63, 3.8) is 0 Å². The number of hydrogen-bond acceptors (Lipinski definition) is 19. The lowest BCUT2D eigenvalue weighted by Gasteiger charge is -2.37. The van der Waals surface area contributed by atoms with Gasteiger partial charge in [-0.25, -0.2) is 0 Å². The van der Waals surface area contributed by atoms with Crippen LogP contribution in [0, 0.1) is 5.92 Å². The molecule has 2 heterocycles. The second-order valence-corrected chi connectivity index (χ2v) is 33.4. The van der Waals surface area contributed by atoms with Crippen molar-refractivity contribution in [1.29, 1.82) is 0 Å². The Kier molecular flexibility index (Phi) is 38.0. The third kappa shape index (κ3) is 30.3. The first-order valence-corrected chi connectivity index (χ1v) is 43.4. The molecule has 0 radical (unpaired) electrons. The maximum Gasteiger partial charge on any atom is 0.305 e. The van der Waals surface area contributed by atoms with Crippen LogP contribution in [0.5, 0.6) is 11.5 Å². The molecule has 1 aliphatic rings. The number of benzene rings is 6. The number of thioether (sulfide) groups is 1. The number of phenols is 2. The van der Waals surface area contributed by atoms with Crippen LogP contribution in [0.15, 0.2) is 170 Å². The molecule has 0 unspecified atom stereocenters. The Hall–Kier alpha value is -13.7. The fraction of sp³-hybridized carbons (Fsp3) is 0.413. The van der Waals surface area contributed by atoms with Crippen LogP contribution in [-0.2, 0) is 115 Å². The molecule has 0 spiro atoms. The molecule has 684 valence electrons. The van der Waals surface area contributed by atoms with Crippen LogP contribution in [0.3, 0.4) is 0 Å². The van der Waals surface area contributed by atoms with E-state index in [9.17, 15) is 63.3 Å². The van der Waals surface area contributed by atoms with Crippen molar-refractivity contribution in [2.75, 3.05) is 66.4 Å². The van der Waals surface area contributed by atoms with Crippen molar-refractivity contribution in [2.24, 2.45) is 11.7 Å². The third-order valence-electron chi connectivity index (χ3n) is 21.8. The number of unbranched alkanes of at least 4 members (excludes halogenated alkanes) is 1. The Morgan fingerprint density at radius 1 is 0.469 bits per heavy atom. The van der Waals surface area contributed by atoms with E-state index in [0.717, 1.165) is 26.5 Å². The van der Waals surface area contributed by atoms with Gasteiger partial charge in [0.05, 0.1) is 31.8 Å². The molecule has 0 aliphatic carbocycles. The van der Waals surface area contributed by atoms with Crippen LogP contribution < -0.4 is 53.6 Å². The number of aromatic amines is 1. The summed E-state index contributed by atoms with van der Waals surface area (Å²) in [5.41, 5.74) is 9.33. The Labute approximate surface area is 746 Å². The molecule has 35 nitrogen and oxygen atoms in total. The van der Waals surface area contributed by atoms with Gasteiger partial charge in [-0.05, 0) is 102 Å². The number of carbonyl (C=O) groups is 16.